The van der Waals surface area contributed by atoms with Gasteiger partial charge in [-0.05, 0) is 185 Å². The van der Waals surface area contributed by atoms with Gasteiger partial charge in [-0.15, -0.1) is 10.2 Å². The number of benzene rings is 2. The first-order valence-corrected chi connectivity index (χ1v) is 31.8. The molecule has 0 radical (unpaired) electrons. The topological polar surface area (TPSA) is 204 Å². The fourth-order valence-corrected chi connectivity index (χ4v) is 18.4. The van der Waals surface area contributed by atoms with E-state index in [2.05, 4.69) is 123 Å². The molecule has 16 atom stereocenters. The van der Waals surface area contributed by atoms with Crippen molar-refractivity contribution in [3.8, 4) is 0 Å². The summed E-state index contributed by atoms with van der Waals surface area (Å²) in [4.78, 5) is 37.6. The molecule has 8 aliphatic rings. The predicted octanol–water partition coefficient (Wildman–Crippen LogP) is 12.2. The van der Waals surface area contributed by atoms with Gasteiger partial charge in [-0.1, -0.05) is 129 Å². The number of alkyl carbamates (subject to hydrolysis) is 1. The lowest BCUT2D eigenvalue weighted by Gasteiger charge is -2.58. The molecule has 15 heteroatoms. The van der Waals surface area contributed by atoms with Gasteiger partial charge in [-0.3, -0.25) is 4.79 Å². The molecule has 0 spiro atoms. The van der Waals surface area contributed by atoms with Gasteiger partial charge in [-0.2, -0.15) is 0 Å². The summed E-state index contributed by atoms with van der Waals surface area (Å²) in [6, 6.07) is 19.6. The summed E-state index contributed by atoms with van der Waals surface area (Å²) in [5.74, 6) is 4.40. The maximum Gasteiger partial charge on any atom is 0.408 e. The molecule has 5 N–H and O–H groups in total. The summed E-state index contributed by atoms with van der Waals surface area (Å²) < 4.78 is 21.2. The highest BCUT2D eigenvalue weighted by molar-refractivity contribution is 5.81. The largest absolute Gasteiger partial charge is 0.461 e. The van der Waals surface area contributed by atoms with Crippen LogP contribution in [0.15, 0.2) is 96.4 Å². The summed E-state index contributed by atoms with van der Waals surface area (Å²) >= 11 is 0. The number of hydrogen-bond acceptors (Lipinski definition) is 12. The van der Waals surface area contributed by atoms with E-state index in [0.717, 1.165) is 76.3 Å². The quantitative estimate of drug-likeness (QED) is 0.0650. The van der Waals surface area contributed by atoms with Crippen LogP contribution in [0, 0.1) is 57.2 Å². The van der Waals surface area contributed by atoms with Gasteiger partial charge < -0.3 is 31.0 Å². The minimum atomic E-state index is -0.723. The molecule has 2 heterocycles. The first-order valence-electron chi connectivity index (χ1n) is 31.8. The van der Waals surface area contributed by atoms with Crippen LogP contribution in [0.25, 0.3) is 0 Å². The Bertz CT molecular complexity index is 3010. The van der Waals surface area contributed by atoms with Gasteiger partial charge in [0.1, 0.15) is 29.9 Å². The number of carbonyl (C=O) groups excluding carboxylic acids is 3. The second-order valence-electron chi connectivity index (χ2n) is 28.6. The van der Waals surface area contributed by atoms with E-state index < -0.39 is 23.8 Å². The summed E-state index contributed by atoms with van der Waals surface area (Å²) in [5.41, 5.74) is 19.5. The maximum absolute atomic E-state index is 13.1. The molecule has 4 aromatic rings. The fourth-order valence-electron chi connectivity index (χ4n) is 18.4. The van der Waals surface area contributed by atoms with Gasteiger partial charge in [0.05, 0.1) is 24.5 Å². The zero-order chi connectivity index (χ0) is 58.5. The molecule has 0 aliphatic heterocycles. The van der Waals surface area contributed by atoms with E-state index >= 15 is 0 Å². The van der Waals surface area contributed by atoms with Gasteiger partial charge in [0, 0.05) is 43.6 Å². The Hall–Kier alpha value is -5.67. The van der Waals surface area contributed by atoms with Crippen LogP contribution in [0.1, 0.15) is 199 Å². The molecule has 448 valence electrons. The standard InChI is InChI=1S/C37H52N4O4.C31H43N5O2/c1-7-31(38-34(43)45-35(2,3)4)33(42)44-26-17-19-36(5)25(21-26)13-14-27-28-15-16-30(37(28,6)20-18-29(27)36)32-23-41(40-39-32)22-24-11-9-8-10-12-24;1-30-14-12-22(38-29(37)27(33)17-32)16-21(30)8-9-23-24-10-11-26(31(24,2)15-13-25(23)30)28-19-36(35-34-28)18-20-6-4-3-5-7-20/h8-13,23,26-31H,7,14-22H2,1-6H3,(H,38,43);3-8,19,22-27H,9-18,32-33H2,1-2H3/t26-,27?,28?,29?,30+,31-,36-,37-;22-,23?,24?,25?,26+,27-,30-,31-/m00/s1. The van der Waals surface area contributed by atoms with E-state index in [1.54, 1.807) is 0 Å². The van der Waals surface area contributed by atoms with Gasteiger partial charge >= 0.3 is 18.0 Å². The maximum atomic E-state index is 13.1. The highest BCUT2D eigenvalue weighted by atomic mass is 16.6. The third-order valence-electron chi connectivity index (χ3n) is 22.8. The Morgan fingerprint density at radius 3 is 1.53 bits per heavy atom. The van der Waals surface area contributed by atoms with Crippen molar-refractivity contribution in [1.82, 2.24) is 35.3 Å². The lowest BCUT2D eigenvalue weighted by atomic mass is 9.47. The minimum absolute atomic E-state index is 0.0702. The SMILES string of the molecule is CC[C@H](NC(=O)OC(C)(C)C)C(=O)O[C@H]1CC[C@@]2(C)C(=CCC3C2CC[C@@]2(C)C3CC[C@@H]2c2cn(Cc3ccccc3)nn2)C1.C[C@]12CC[C@H](OC(=O)[C@@H](N)CN)CC1=CCC1C2CC[C@@]2(C)C1CC[C@@H]2c1cn(Cc2ccccc2)nn1. The number of nitrogens with zero attached hydrogens (tertiary/aromatic N) is 6. The number of fused-ring (bicyclic) bond motifs is 10. The van der Waals surface area contributed by atoms with Crippen molar-refractivity contribution in [2.24, 2.45) is 68.6 Å². The second-order valence-corrected chi connectivity index (χ2v) is 28.6. The number of allylic oxidation sites excluding steroid dienone is 2. The van der Waals surface area contributed by atoms with Crippen LogP contribution in [-0.2, 0) is 36.9 Å². The van der Waals surface area contributed by atoms with Gasteiger partial charge in [0.15, 0.2) is 0 Å². The molecule has 2 aromatic heterocycles. The number of hydrogen-bond donors (Lipinski definition) is 3. The zero-order valence-corrected chi connectivity index (χ0v) is 50.9. The van der Waals surface area contributed by atoms with Gasteiger partial charge in [0.2, 0.25) is 0 Å². The molecule has 8 aliphatic carbocycles. The van der Waals surface area contributed by atoms with Crippen molar-refractivity contribution in [3.63, 3.8) is 0 Å². The van der Waals surface area contributed by atoms with Crippen molar-refractivity contribution < 1.29 is 28.6 Å². The molecular formula is C68H95N9O6. The second kappa shape index (κ2) is 23.7. The summed E-state index contributed by atoms with van der Waals surface area (Å²) in [5, 5.41) is 21.2. The molecule has 0 bridgehead atoms. The summed E-state index contributed by atoms with van der Waals surface area (Å²) in [7, 11) is 0. The number of nitrogens with one attached hydrogen (secondary N) is 1. The van der Waals surface area contributed by atoms with Crippen LogP contribution in [0.4, 0.5) is 4.79 Å². The fraction of sp³-hybridized carbons (Fsp3) is 0.662. The Morgan fingerprint density at radius 2 is 1.10 bits per heavy atom. The molecule has 6 unspecified atom stereocenters. The van der Waals surface area contributed by atoms with Crippen LogP contribution in [0.2, 0.25) is 0 Å². The van der Waals surface area contributed by atoms with E-state index in [0.29, 0.717) is 41.9 Å². The minimum Gasteiger partial charge on any atom is -0.461 e. The summed E-state index contributed by atoms with van der Waals surface area (Å²) in [6.45, 7) is 19.0. The van der Waals surface area contributed by atoms with Crippen molar-refractivity contribution in [2.75, 3.05) is 6.54 Å². The number of rotatable bonds is 13. The Labute approximate surface area is 493 Å². The van der Waals surface area contributed by atoms with Crippen molar-refractivity contribution in [2.45, 2.75) is 219 Å². The Kier molecular flexibility index (Phi) is 16.8. The molecule has 2 aromatic carbocycles. The van der Waals surface area contributed by atoms with Crippen LogP contribution in [0.5, 0.6) is 0 Å². The normalized spacial score (nSPS) is 34.9. The average molecular weight is 1130 g/mol. The molecule has 12 rings (SSSR count). The van der Waals surface area contributed by atoms with E-state index in [9.17, 15) is 14.4 Å². The molecule has 6 fully saturated rings. The first kappa shape index (κ1) is 59.1. The predicted molar refractivity (Wildman–Crippen MR) is 320 cm³/mol. The van der Waals surface area contributed by atoms with Crippen molar-refractivity contribution in [3.05, 3.63) is 119 Å². The number of aromatic nitrogens is 6. The number of carbonyl (C=O) groups is 3. The van der Waals surface area contributed by atoms with Crippen LogP contribution in [-0.4, -0.2) is 84.5 Å². The van der Waals surface area contributed by atoms with Gasteiger partial charge in [0.25, 0.3) is 0 Å². The molecule has 15 nitrogen and oxygen atoms in total. The highest BCUT2D eigenvalue weighted by Crippen LogP contribution is 2.70. The van der Waals surface area contributed by atoms with E-state index in [1.807, 2.05) is 43.1 Å². The zero-order valence-electron chi connectivity index (χ0n) is 50.9. The third kappa shape index (κ3) is 11.8. The van der Waals surface area contributed by atoms with E-state index in [1.165, 1.54) is 85.0 Å². The Morgan fingerprint density at radius 1 is 0.639 bits per heavy atom. The molecule has 83 heavy (non-hydrogen) atoms. The third-order valence-corrected chi connectivity index (χ3v) is 22.8. The Balaban J connectivity index is 0.000000176. The van der Waals surface area contributed by atoms with Crippen molar-refractivity contribution >= 4 is 18.0 Å². The number of ether oxygens (including phenoxy) is 3. The van der Waals surface area contributed by atoms with Crippen LogP contribution in [0.3, 0.4) is 0 Å². The monoisotopic (exact) mass is 1130 g/mol. The van der Waals surface area contributed by atoms with Gasteiger partial charge in [-0.25, -0.2) is 19.0 Å². The van der Waals surface area contributed by atoms with Crippen LogP contribution >= 0.6 is 0 Å². The molecule has 6 saturated carbocycles. The number of nitrogens with two attached hydrogens (primary N) is 2. The molecular weight excluding hydrogens is 1040 g/mol. The number of esters is 2. The lowest BCUT2D eigenvalue weighted by molar-refractivity contribution is -0.154. The summed E-state index contributed by atoms with van der Waals surface area (Å²) in [6.07, 6.45) is 26.8. The van der Waals surface area contributed by atoms with Crippen LogP contribution < -0.4 is 16.8 Å². The molecule has 0 saturated heterocycles. The van der Waals surface area contributed by atoms with E-state index in [-0.39, 0.29) is 52.4 Å². The number of amides is 1. The van der Waals surface area contributed by atoms with E-state index in [4.69, 9.17) is 35.9 Å². The highest BCUT2D eigenvalue weighted by Gasteiger charge is 2.61. The smallest absolute Gasteiger partial charge is 0.408 e. The lowest BCUT2D eigenvalue weighted by Crippen LogP contribution is -2.50. The average Bonchev–Trinajstić information content (AvgIpc) is 2.31. The molecule has 1 amide bonds. The first-order chi connectivity index (χ1) is 39.7. The van der Waals surface area contributed by atoms with Crippen molar-refractivity contribution in [1.29, 1.82) is 0 Å².